The second kappa shape index (κ2) is 8.29. The first-order valence-electron chi connectivity index (χ1n) is 8.16. The van der Waals surface area contributed by atoms with Gasteiger partial charge in [-0.1, -0.05) is 12.5 Å². The van der Waals surface area contributed by atoms with Crippen LogP contribution in [0.5, 0.6) is 0 Å². The second-order valence-corrected chi connectivity index (χ2v) is 8.16. The molecule has 2 fully saturated rings. The van der Waals surface area contributed by atoms with Crippen LogP contribution < -0.4 is 10.6 Å². The molecule has 0 radical (unpaired) electrons. The normalized spacial score (nSPS) is 19.2. The monoisotopic (exact) mass is 373 g/mol. The minimum atomic E-state index is -3.50. The van der Waals surface area contributed by atoms with Gasteiger partial charge in [0.2, 0.25) is 10.0 Å². The molecule has 0 aromatic heterocycles. The third kappa shape index (κ3) is 4.27. The van der Waals surface area contributed by atoms with Gasteiger partial charge in [0.25, 0.3) is 5.91 Å². The van der Waals surface area contributed by atoms with Crippen LogP contribution in [0.3, 0.4) is 0 Å². The second-order valence-electron chi connectivity index (χ2n) is 6.23. The van der Waals surface area contributed by atoms with E-state index in [2.05, 4.69) is 10.6 Å². The molecular weight excluding hydrogens is 350 g/mol. The molecule has 0 bridgehead atoms. The number of nitrogens with zero attached hydrogens (tertiary/aromatic N) is 1. The third-order valence-corrected chi connectivity index (χ3v) is 6.36. The minimum Gasteiger partial charge on any atom is -0.352 e. The molecule has 134 valence electrons. The molecule has 0 unspecified atom stereocenters. The Balaban J connectivity index is 0.00000208. The van der Waals surface area contributed by atoms with E-state index >= 15 is 0 Å². The number of sulfonamides is 1. The number of amides is 1. The Hall–Kier alpha value is -1.15. The Morgan fingerprint density at radius 1 is 1.21 bits per heavy atom. The molecule has 24 heavy (non-hydrogen) atoms. The molecule has 0 atom stereocenters. The third-order valence-electron chi connectivity index (χ3n) is 4.47. The van der Waals surface area contributed by atoms with E-state index in [1.807, 2.05) is 0 Å². The number of piperidine rings is 1. The Bertz CT molecular complexity index is 671. The van der Waals surface area contributed by atoms with E-state index in [0.29, 0.717) is 31.1 Å². The molecule has 3 rings (SSSR count). The number of nitrogens with one attached hydrogen (secondary N) is 2. The average Bonchev–Trinajstić information content (AvgIpc) is 2.54. The first kappa shape index (κ1) is 19.2. The molecular formula is C16H24ClN3O3S. The van der Waals surface area contributed by atoms with Gasteiger partial charge >= 0.3 is 0 Å². The molecule has 2 heterocycles. The van der Waals surface area contributed by atoms with E-state index in [-0.39, 0.29) is 23.2 Å². The molecule has 1 aromatic carbocycles. The lowest BCUT2D eigenvalue weighted by atomic mass is 10.0. The number of hydrogen-bond acceptors (Lipinski definition) is 4. The summed E-state index contributed by atoms with van der Waals surface area (Å²) in [5.74, 6) is 0.256. The summed E-state index contributed by atoms with van der Waals surface area (Å²) in [7, 11) is -3.50. The fraction of sp³-hybridized carbons (Fsp3) is 0.562. The number of hydrogen-bond donors (Lipinski definition) is 2. The van der Waals surface area contributed by atoms with Crippen molar-refractivity contribution < 1.29 is 13.2 Å². The van der Waals surface area contributed by atoms with Crippen LogP contribution in [0.15, 0.2) is 29.2 Å². The van der Waals surface area contributed by atoms with Gasteiger partial charge in [-0.15, -0.1) is 12.4 Å². The van der Waals surface area contributed by atoms with E-state index in [4.69, 9.17) is 0 Å². The van der Waals surface area contributed by atoms with Gasteiger partial charge in [0.15, 0.2) is 0 Å². The van der Waals surface area contributed by atoms with Crippen LogP contribution in [-0.2, 0) is 10.0 Å². The van der Waals surface area contributed by atoms with Gasteiger partial charge in [0.05, 0.1) is 4.90 Å². The highest BCUT2D eigenvalue weighted by atomic mass is 35.5. The zero-order chi connectivity index (χ0) is 16.3. The van der Waals surface area contributed by atoms with Gasteiger partial charge in [0.1, 0.15) is 0 Å². The first-order chi connectivity index (χ1) is 11.1. The topological polar surface area (TPSA) is 78.5 Å². The molecule has 8 heteroatoms. The van der Waals surface area contributed by atoms with E-state index in [0.717, 1.165) is 32.4 Å². The lowest BCUT2D eigenvalue weighted by Crippen LogP contribution is -2.48. The summed E-state index contributed by atoms with van der Waals surface area (Å²) in [6.45, 7) is 3.59. The van der Waals surface area contributed by atoms with E-state index in [1.165, 1.54) is 10.4 Å². The molecule has 6 nitrogen and oxygen atoms in total. The molecule has 2 saturated heterocycles. The average molecular weight is 374 g/mol. The lowest BCUT2D eigenvalue weighted by Gasteiger charge is -2.27. The van der Waals surface area contributed by atoms with Crippen molar-refractivity contribution in [2.24, 2.45) is 5.92 Å². The molecule has 1 aromatic rings. The summed E-state index contributed by atoms with van der Waals surface area (Å²) in [4.78, 5) is 12.4. The molecule has 2 aliphatic heterocycles. The van der Waals surface area contributed by atoms with E-state index in [9.17, 15) is 13.2 Å². The minimum absolute atomic E-state index is 0. The first-order valence-corrected chi connectivity index (χ1v) is 9.60. The van der Waals surface area contributed by atoms with Crippen LogP contribution in [0.2, 0.25) is 0 Å². The largest absolute Gasteiger partial charge is 0.352 e. The zero-order valence-electron chi connectivity index (χ0n) is 13.5. The van der Waals surface area contributed by atoms with Crippen LogP contribution in [0.1, 0.15) is 29.6 Å². The fourth-order valence-corrected chi connectivity index (χ4v) is 4.45. The Morgan fingerprint density at radius 3 is 2.54 bits per heavy atom. The fourth-order valence-electron chi connectivity index (χ4n) is 2.88. The van der Waals surface area contributed by atoms with Gasteiger partial charge < -0.3 is 10.6 Å². The highest BCUT2D eigenvalue weighted by molar-refractivity contribution is 7.89. The highest BCUT2D eigenvalue weighted by Gasteiger charge is 2.26. The van der Waals surface area contributed by atoms with Crippen molar-refractivity contribution >= 4 is 28.3 Å². The van der Waals surface area contributed by atoms with Crippen molar-refractivity contribution in [1.29, 1.82) is 0 Å². The maximum Gasteiger partial charge on any atom is 0.251 e. The summed E-state index contributed by atoms with van der Waals surface area (Å²) in [6.07, 6.45) is 2.87. The number of carbonyl (C=O) groups excluding carboxylic acids is 1. The predicted octanol–water partition coefficient (Wildman–Crippen LogP) is 1.23. The quantitative estimate of drug-likeness (QED) is 0.813. The SMILES string of the molecule is Cl.O=C(NCC1CNC1)c1cccc(S(=O)(=O)N2CCCCC2)c1. The lowest BCUT2D eigenvalue weighted by molar-refractivity contribution is 0.0942. The van der Waals surface area contributed by atoms with Crippen molar-refractivity contribution in [3.8, 4) is 0 Å². The van der Waals surface area contributed by atoms with E-state index in [1.54, 1.807) is 18.2 Å². The number of carbonyl (C=O) groups is 1. The van der Waals surface area contributed by atoms with Crippen molar-refractivity contribution in [3.05, 3.63) is 29.8 Å². The zero-order valence-corrected chi connectivity index (χ0v) is 15.2. The Morgan fingerprint density at radius 2 is 1.92 bits per heavy atom. The van der Waals surface area contributed by atoms with Crippen LogP contribution >= 0.6 is 12.4 Å². The smallest absolute Gasteiger partial charge is 0.251 e. The number of rotatable bonds is 5. The standard InChI is InChI=1S/C16H23N3O3S.ClH/c20-16(18-12-13-10-17-11-13)14-5-4-6-15(9-14)23(21,22)19-7-2-1-3-8-19;/h4-6,9,13,17H,1-3,7-8,10-12H2,(H,18,20);1H. The summed E-state index contributed by atoms with van der Waals surface area (Å²) < 4.78 is 26.9. The molecule has 2 N–H and O–H groups in total. The van der Waals surface area contributed by atoms with E-state index < -0.39 is 10.0 Å². The number of benzene rings is 1. The summed E-state index contributed by atoms with van der Waals surface area (Å²) in [5, 5.41) is 6.03. The van der Waals surface area contributed by atoms with Crippen LogP contribution in [-0.4, -0.2) is 51.4 Å². The molecule has 2 aliphatic rings. The Labute approximate surface area is 149 Å². The molecule has 0 aliphatic carbocycles. The van der Waals surface area contributed by atoms with Gasteiger partial charge in [0, 0.05) is 44.2 Å². The summed E-state index contributed by atoms with van der Waals surface area (Å²) in [6, 6.07) is 6.34. The van der Waals surface area contributed by atoms with Crippen LogP contribution in [0.25, 0.3) is 0 Å². The van der Waals surface area contributed by atoms with Crippen molar-refractivity contribution in [1.82, 2.24) is 14.9 Å². The van der Waals surface area contributed by atoms with Gasteiger partial charge in [-0.25, -0.2) is 8.42 Å². The summed E-state index contributed by atoms with van der Waals surface area (Å²) in [5.41, 5.74) is 0.398. The van der Waals surface area contributed by atoms with Gasteiger partial charge in [-0.2, -0.15) is 4.31 Å². The molecule has 0 spiro atoms. The molecule has 0 saturated carbocycles. The maximum absolute atomic E-state index is 12.7. The summed E-state index contributed by atoms with van der Waals surface area (Å²) >= 11 is 0. The van der Waals surface area contributed by atoms with Crippen LogP contribution in [0.4, 0.5) is 0 Å². The van der Waals surface area contributed by atoms with Gasteiger partial charge in [-0.05, 0) is 31.0 Å². The number of halogens is 1. The maximum atomic E-state index is 12.7. The predicted molar refractivity (Wildman–Crippen MR) is 95.0 cm³/mol. The molecule has 1 amide bonds. The van der Waals surface area contributed by atoms with Crippen molar-refractivity contribution in [3.63, 3.8) is 0 Å². The highest BCUT2D eigenvalue weighted by Crippen LogP contribution is 2.21. The van der Waals surface area contributed by atoms with Crippen molar-refractivity contribution in [2.75, 3.05) is 32.7 Å². The Kier molecular flexibility index (Phi) is 6.62. The van der Waals surface area contributed by atoms with Crippen LogP contribution in [0, 0.1) is 5.92 Å². The van der Waals surface area contributed by atoms with Gasteiger partial charge in [-0.3, -0.25) is 4.79 Å². The van der Waals surface area contributed by atoms with Crippen molar-refractivity contribution in [2.45, 2.75) is 24.2 Å².